The summed E-state index contributed by atoms with van der Waals surface area (Å²) in [6.45, 7) is 1.61. The van der Waals surface area contributed by atoms with Gasteiger partial charge in [0, 0.05) is 6.08 Å². The molecule has 160 valence electrons. The lowest BCUT2D eigenvalue weighted by Crippen LogP contribution is -2.46. The van der Waals surface area contributed by atoms with Gasteiger partial charge in [-0.15, -0.1) is 0 Å². The maximum absolute atomic E-state index is 12.2. The van der Waals surface area contributed by atoms with Crippen LogP contribution in [0.3, 0.4) is 0 Å². The molecule has 0 aromatic heterocycles. The first kappa shape index (κ1) is 21.7. The molecular formula is C24H24N2O5. The van der Waals surface area contributed by atoms with Crippen molar-refractivity contribution in [3.8, 4) is 17.2 Å². The number of ether oxygens (including phenoxy) is 3. The van der Waals surface area contributed by atoms with E-state index in [2.05, 4.69) is 10.9 Å². The molecule has 1 atom stereocenters. The Bertz CT molecular complexity index is 1110. The van der Waals surface area contributed by atoms with Gasteiger partial charge in [0.05, 0.1) is 14.2 Å². The van der Waals surface area contributed by atoms with Crippen molar-refractivity contribution in [2.45, 2.75) is 13.0 Å². The van der Waals surface area contributed by atoms with Crippen LogP contribution in [-0.2, 0) is 9.59 Å². The number of carbonyl (C=O) groups excluding carboxylic acids is 2. The van der Waals surface area contributed by atoms with E-state index in [4.69, 9.17) is 14.2 Å². The highest BCUT2D eigenvalue weighted by molar-refractivity contribution is 5.93. The van der Waals surface area contributed by atoms with Gasteiger partial charge in [-0.1, -0.05) is 36.4 Å². The molecule has 3 aromatic carbocycles. The first-order chi connectivity index (χ1) is 15.0. The van der Waals surface area contributed by atoms with Crippen molar-refractivity contribution in [1.29, 1.82) is 0 Å². The third-order valence-corrected chi connectivity index (χ3v) is 4.55. The van der Waals surface area contributed by atoms with Crippen LogP contribution in [0.1, 0.15) is 12.5 Å². The van der Waals surface area contributed by atoms with Crippen LogP contribution >= 0.6 is 0 Å². The normalized spacial score (nSPS) is 11.7. The van der Waals surface area contributed by atoms with Gasteiger partial charge in [0.15, 0.2) is 17.6 Å². The molecule has 2 N–H and O–H groups in total. The van der Waals surface area contributed by atoms with Gasteiger partial charge in [0.25, 0.3) is 11.8 Å². The van der Waals surface area contributed by atoms with E-state index in [1.807, 2.05) is 36.4 Å². The molecule has 0 aliphatic rings. The second-order valence-electron chi connectivity index (χ2n) is 6.70. The molecule has 0 fully saturated rings. The SMILES string of the molecule is COc1ccc(C=CC(=O)NNC(=O)C(C)Oc2ccc3ccccc3c2)cc1OC. The van der Waals surface area contributed by atoms with Gasteiger partial charge in [0.1, 0.15) is 5.75 Å². The van der Waals surface area contributed by atoms with Gasteiger partial charge in [-0.05, 0) is 53.6 Å². The molecule has 2 amide bonds. The molecule has 0 aliphatic carbocycles. The summed E-state index contributed by atoms with van der Waals surface area (Å²) < 4.78 is 16.1. The molecule has 0 heterocycles. The minimum Gasteiger partial charge on any atom is -0.493 e. The number of hydrogen-bond donors (Lipinski definition) is 2. The van der Waals surface area contributed by atoms with E-state index >= 15 is 0 Å². The molecule has 7 heteroatoms. The Kier molecular flexibility index (Phi) is 7.11. The Hall–Kier alpha value is -4.00. The highest BCUT2D eigenvalue weighted by Gasteiger charge is 2.15. The van der Waals surface area contributed by atoms with Crippen LogP contribution in [0.25, 0.3) is 16.8 Å². The molecule has 0 spiro atoms. The van der Waals surface area contributed by atoms with Crippen molar-refractivity contribution in [1.82, 2.24) is 10.9 Å². The zero-order valence-corrected chi connectivity index (χ0v) is 17.5. The van der Waals surface area contributed by atoms with Gasteiger partial charge in [-0.2, -0.15) is 0 Å². The zero-order chi connectivity index (χ0) is 22.2. The molecule has 0 aliphatic heterocycles. The Balaban J connectivity index is 1.52. The lowest BCUT2D eigenvalue weighted by Gasteiger charge is -2.15. The van der Waals surface area contributed by atoms with Crippen molar-refractivity contribution in [2.75, 3.05) is 14.2 Å². The maximum Gasteiger partial charge on any atom is 0.279 e. The predicted molar refractivity (Wildman–Crippen MR) is 119 cm³/mol. The van der Waals surface area contributed by atoms with Crippen LogP contribution in [0.15, 0.2) is 66.7 Å². The quantitative estimate of drug-likeness (QED) is 0.451. The summed E-state index contributed by atoms with van der Waals surface area (Å²) in [5.74, 6) is 0.762. The second-order valence-corrected chi connectivity index (χ2v) is 6.70. The molecule has 1 unspecified atom stereocenters. The summed E-state index contributed by atoms with van der Waals surface area (Å²) in [6.07, 6.45) is 2.10. The van der Waals surface area contributed by atoms with E-state index in [1.54, 1.807) is 44.4 Å². The number of carbonyl (C=O) groups is 2. The number of methoxy groups -OCH3 is 2. The van der Waals surface area contributed by atoms with Gasteiger partial charge < -0.3 is 14.2 Å². The van der Waals surface area contributed by atoms with Gasteiger partial charge >= 0.3 is 0 Å². The highest BCUT2D eigenvalue weighted by Crippen LogP contribution is 2.28. The standard InChI is InChI=1S/C24H24N2O5/c1-16(31-20-11-10-18-6-4-5-7-19(18)15-20)24(28)26-25-23(27)13-9-17-8-12-21(29-2)22(14-17)30-3/h4-16H,1-3H3,(H,25,27)(H,26,28). The van der Waals surface area contributed by atoms with E-state index in [0.29, 0.717) is 17.2 Å². The Morgan fingerprint density at radius 2 is 1.61 bits per heavy atom. The first-order valence-electron chi connectivity index (χ1n) is 9.65. The predicted octanol–water partition coefficient (Wildman–Crippen LogP) is 3.49. The molecule has 0 saturated heterocycles. The topological polar surface area (TPSA) is 85.9 Å². The minimum atomic E-state index is -0.795. The fraction of sp³-hybridized carbons (Fsp3) is 0.167. The average Bonchev–Trinajstić information content (AvgIpc) is 2.80. The monoisotopic (exact) mass is 420 g/mol. The summed E-state index contributed by atoms with van der Waals surface area (Å²) in [6, 6.07) is 18.7. The largest absolute Gasteiger partial charge is 0.493 e. The molecule has 7 nitrogen and oxygen atoms in total. The van der Waals surface area contributed by atoms with Gasteiger partial charge in [-0.25, -0.2) is 0 Å². The lowest BCUT2D eigenvalue weighted by atomic mass is 10.1. The van der Waals surface area contributed by atoms with Crippen molar-refractivity contribution in [2.24, 2.45) is 0 Å². The third kappa shape index (κ3) is 5.76. The zero-order valence-electron chi connectivity index (χ0n) is 17.5. The summed E-state index contributed by atoms with van der Waals surface area (Å²) in [5.41, 5.74) is 5.44. The Labute approximate surface area is 180 Å². The molecule has 0 radical (unpaired) electrons. The van der Waals surface area contributed by atoms with Crippen LogP contribution in [-0.4, -0.2) is 32.1 Å². The fourth-order valence-corrected chi connectivity index (χ4v) is 2.89. The van der Waals surface area contributed by atoms with Crippen molar-refractivity contribution >= 4 is 28.7 Å². The minimum absolute atomic E-state index is 0.471. The van der Waals surface area contributed by atoms with Crippen LogP contribution in [0.4, 0.5) is 0 Å². The van der Waals surface area contributed by atoms with Crippen LogP contribution in [0, 0.1) is 0 Å². The Morgan fingerprint density at radius 1 is 0.871 bits per heavy atom. The number of hydrogen-bond acceptors (Lipinski definition) is 5. The lowest BCUT2D eigenvalue weighted by molar-refractivity contribution is -0.131. The van der Waals surface area contributed by atoms with Crippen molar-refractivity contribution in [3.05, 3.63) is 72.3 Å². The molecule has 31 heavy (non-hydrogen) atoms. The number of nitrogens with one attached hydrogen (secondary N) is 2. The number of benzene rings is 3. The number of fused-ring (bicyclic) bond motifs is 1. The summed E-state index contributed by atoms with van der Waals surface area (Å²) >= 11 is 0. The molecule has 0 bridgehead atoms. The van der Waals surface area contributed by atoms with E-state index in [0.717, 1.165) is 16.3 Å². The van der Waals surface area contributed by atoms with Crippen LogP contribution < -0.4 is 25.1 Å². The fourth-order valence-electron chi connectivity index (χ4n) is 2.89. The van der Waals surface area contributed by atoms with Crippen molar-refractivity contribution < 1.29 is 23.8 Å². The van der Waals surface area contributed by atoms with E-state index in [1.165, 1.54) is 13.2 Å². The molecule has 3 aromatic rings. The van der Waals surface area contributed by atoms with Crippen LogP contribution in [0.5, 0.6) is 17.2 Å². The maximum atomic E-state index is 12.2. The number of amides is 2. The van der Waals surface area contributed by atoms with Crippen LogP contribution in [0.2, 0.25) is 0 Å². The summed E-state index contributed by atoms with van der Waals surface area (Å²) in [4.78, 5) is 24.3. The third-order valence-electron chi connectivity index (χ3n) is 4.55. The molecule has 0 saturated carbocycles. The summed E-state index contributed by atoms with van der Waals surface area (Å²) in [5, 5.41) is 2.10. The average molecular weight is 420 g/mol. The van der Waals surface area contributed by atoms with Gasteiger partial charge in [0.2, 0.25) is 0 Å². The highest BCUT2D eigenvalue weighted by atomic mass is 16.5. The first-order valence-corrected chi connectivity index (χ1v) is 9.65. The van der Waals surface area contributed by atoms with E-state index in [9.17, 15) is 9.59 Å². The second kappa shape index (κ2) is 10.2. The van der Waals surface area contributed by atoms with E-state index < -0.39 is 17.9 Å². The number of rotatable bonds is 7. The van der Waals surface area contributed by atoms with E-state index in [-0.39, 0.29) is 0 Å². The Morgan fingerprint density at radius 3 is 2.35 bits per heavy atom. The van der Waals surface area contributed by atoms with Crippen molar-refractivity contribution in [3.63, 3.8) is 0 Å². The number of hydrazine groups is 1. The summed E-state index contributed by atoms with van der Waals surface area (Å²) in [7, 11) is 3.09. The molecular weight excluding hydrogens is 396 g/mol. The molecule has 3 rings (SSSR count). The van der Waals surface area contributed by atoms with Gasteiger partial charge in [-0.3, -0.25) is 20.4 Å². The smallest absolute Gasteiger partial charge is 0.279 e.